The van der Waals surface area contributed by atoms with Crippen LogP contribution in [0.1, 0.15) is 18.9 Å². The van der Waals surface area contributed by atoms with Gasteiger partial charge in [0, 0.05) is 18.7 Å². The van der Waals surface area contributed by atoms with Gasteiger partial charge < -0.3 is 15.2 Å². The smallest absolute Gasteiger partial charge is 0.0700 e. The van der Waals surface area contributed by atoms with Crippen molar-refractivity contribution >= 4 is 0 Å². The van der Waals surface area contributed by atoms with Gasteiger partial charge in [-0.3, -0.25) is 0 Å². The molecule has 94 valence electrons. The number of aliphatic hydroxyl groups excluding tert-OH is 1. The summed E-state index contributed by atoms with van der Waals surface area (Å²) in [7, 11) is 0. The van der Waals surface area contributed by atoms with Crippen LogP contribution in [-0.2, 0) is 11.2 Å². The lowest BCUT2D eigenvalue weighted by atomic mass is 10.0. The lowest BCUT2D eigenvalue weighted by Crippen LogP contribution is -2.45. The average Bonchev–Trinajstić information content (AvgIpc) is 2.75. The Morgan fingerprint density at radius 2 is 2.18 bits per heavy atom. The summed E-state index contributed by atoms with van der Waals surface area (Å²) in [5, 5.41) is 12.9. The van der Waals surface area contributed by atoms with Gasteiger partial charge in [-0.05, 0) is 25.3 Å². The maximum atomic E-state index is 9.43. The summed E-state index contributed by atoms with van der Waals surface area (Å²) < 4.78 is 5.52. The Bertz CT molecular complexity index is 328. The van der Waals surface area contributed by atoms with E-state index in [1.165, 1.54) is 5.56 Å². The Morgan fingerprint density at radius 1 is 1.41 bits per heavy atom. The van der Waals surface area contributed by atoms with E-state index < -0.39 is 0 Å². The Labute approximate surface area is 103 Å². The highest BCUT2D eigenvalue weighted by Crippen LogP contribution is 2.14. The third-order valence-corrected chi connectivity index (χ3v) is 3.37. The second-order valence-corrected chi connectivity index (χ2v) is 4.71. The highest BCUT2D eigenvalue weighted by atomic mass is 16.5. The molecule has 0 bridgehead atoms. The predicted molar refractivity (Wildman–Crippen MR) is 68.0 cm³/mol. The Hall–Kier alpha value is -0.900. The van der Waals surface area contributed by atoms with Crippen molar-refractivity contribution in [2.24, 2.45) is 0 Å². The van der Waals surface area contributed by atoms with E-state index in [9.17, 15) is 5.11 Å². The molecular weight excluding hydrogens is 214 g/mol. The normalized spacial score (nSPS) is 26.0. The maximum Gasteiger partial charge on any atom is 0.0700 e. The van der Waals surface area contributed by atoms with E-state index in [4.69, 9.17) is 4.74 Å². The molecule has 2 rings (SSSR count). The molecule has 1 aliphatic heterocycles. The lowest BCUT2D eigenvalue weighted by Gasteiger charge is -2.23. The fourth-order valence-corrected chi connectivity index (χ4v) is 2.33. The maximum absolute atomic E-state index is 9.43. The van der Waals surface area contributed by atoms with E-state index in [0.29, 0.717) is 6.04 Å². The third-order valence-electron chi connectivity index (χ3n) is 3.37. The SMILES string of the molecule is CC1OCCC1N[C@@H](CO)Cc1ccccc1. The molecule has 1 fully saturated rings. The quantitative estimate of drug-likeness (QED) is 0.809. The number of hydrogen-bond donors (Lipinski definition) is 2. The van der Waals surface area contributed by atoms with E-state index in [1.54, 1.807) is 0 Å². The summed E-state index contributed by atoms with van der Waals surface area (Å²) in [6.45, 7) is 3.07. The van der Waals surface area contributed by atoms with Crippen LogP contribution in [0.4, 0.5) is 0 Å². The van der Waals surface area contributed by atoms with Gasteiger partial charge >= 0.3 is 0 Å². The predicted octanol–water partition coefficient (Wildman–Crippen LogP) is 1.36. The number of aliphatic hydroxyl groups is 1. The minimum absolute atomic E-state index is 0.117. The van der Waals surface area contributed by atoms with Crippen LogP contribution in [0.15, 0.2) is 30.3 Å². The highest BCUT2D eigenvalue weighted by molar-refractivity contribution is 5.16. The van der Waals surface area contributed by atoms with Gasteiger partial charge in [0.2, 0.25) is 0 Å². The first kappa shape index (κ1) is 12.6. The van der Waals surface area contributed by atoms with Gasteiger partial charge in [0.25, 0.3) is 0 Å². The first-order chi connectivity index (χ1) is 8.29. The summed E-state index contributed by atoms with van der Waals surface area (Å²) in [5.74, 6) is 0. The van der Waals surface area contributed by atoms with E-state index in [1.807, 2.05) is 18.2 Å². The van der Waals surface area contributed by atoms with Crippen LogP contribution in [0, 0.1) is 0 Å². The van der Waals surface area contributed by atoms with Gasteiger partial charge in [-0.2, -0.15) is 0 Å². The fourth-order valence-electron chi connectivity index (χ4n) is 2.33. The third kappa shape index (κ3) is 3.53. The summed E-state index contributed by atoms with van der Waals surface area (Å²) in [6.07, 6.45) is 2.15. The zero-order valence-corrected chi connectivity index (χ0v) is 10.3. The molecule has 0 aliphatic carbocycles. The van der Waals surface area contributed by atoms with E-state index in [0.717, 1.165) is 19.4 Å². The molecule has 0 aromatic heterocycles. The van der Waals surface area contributed by atoms with Crippen LogP contribution in [0.25, 0.3) is 0 Å². The highest BCUT2D eigenvalue weighted by Gasteiger charge is 2.26. The number of nitrogens with one attached hydrogen (secondary N) is 1. The van der Waals surface area contributed by atoms with Crippen molar-refractivity contribution in [3.05, 3.63) is 35.9 Å². The summed E-state index contributed by atoms with van der Waals surface area (Å²) in [4.78, 5) is 0. The molecule has 3 nitrogen and oxygen atoms in total. The Kier molecular flexibility index (Phi) is 4.54. The molecule has 0 spiro atoms. The van der Waals surface area contributed by atoms with Crippen LogP contribution in [-0.4, -0.2) is 36.5 Å². The molecule has 1 saturated heterocycles. The molecular formula is C14H21NO2. The summed E-state index contributed by atoms with van der Waals surface area (Å²) >= 11 is 0. The standard InChI is InChI=1S/C14H21NO2/c1-11-14(7-8-17-11)15-13(10-16)9-12-5-3-2-4-6-12/h2-6,11,13-16H,7-10H2,1H3/t11?,13-,14?/m1/s1. The molecule has 0 amide bonds. The van der Waals surface area contributed by atoms with Crippen molar-refractivity contribution in [2.45, 2.75) is 38.0 Å². The molecule has 1 aromatic carbocycles. The fraction of sp³-hybridized carbons (Fsp3) is 0.571. The summed E-state index contributed by atoms with van der Waals surface area (Å²) in [6, 6.07) is 10.8. The van der Waals surface area contributed by atoms with Gasteiger partial charge in [0.15, 0.2) is 0 Å². The molecule has 1 heterocycles. The van der Waals surface area contributed by atoms with E-state index >= 15 is 0 Å². The number of hydrogen-bond acceptors (Lipinski definition) is 3. The number of rotatable bonds is 5. The van der Waals surface area contributed by atoms with Crippen molar-refractivity contribution in [1.82, 2.24) is 5.32 Å². The first-order valence-corrected chi connectivity index (χ1v) is 6.32. The van der Waals surface area contributed by atoms with Gasteiger partial charge in [-0.25, -0.2) is 0 Å². The van der Waals surface area contributed by atoms with Crippen molar-refractivity contribution in [1.29, 1.82) is 0 Å². The van der Waals surface area contributed by atoms with Crippen molar-refractivity contribution in [3.8, 4) is 0 Å². The topological polar surface area (TPSA) is 41.5 Å². The first-order valence-electron chi connectivity index (χ1n) is 6.32. The number of benzene rings is 1. The largest absolute Gasteiger partial charge is 0.395 e. The van der Waals surface area contributed by atoms with Crippen molar-refractivity contribution in [2.75, 3.05) is 13.2 Å². The molecule has 0 saturated carbocycles. The zero-order chi connectivity index (χ0) is 12.1. The molecule has 0 radical (unpaired) electrons. The van der Waals surface area contributed by atoms with Gasteiger partial charge in [-0.1, -0.05) is 30.3 Å². The lowest BCUT2D eigenvalue weighted by molar-refractivity contribution is 0.107. The van der Waals surface area contributed by atoms with Gasteiger partial charge in [0.05, 0.1) is 12.7 Å². The molecule has 1 aromatic rings. The van der Waals surface area contributed by atoms with Crippen molar-refractivity contribution < 1.29 is 9.84 Å². The van der Waals surface area contributed by atoms with Crippen LogP contribution >= 0.6 is 0 Å². The Morgan fingerprint density at radius 3 is 2.76 bits per heavy atom. The number of ether oxygens (including phenoxy) is 1. The van der Waals surface area contributed by atoms with Crippen LogP contribution < -0.4 is 5.32 Å². The molecule has 3 atom stereocenters. The summed E-state index contributed by atoms with van der Waals surface area (Å²) in [5.41, 5.74) is 1.26. The van der Waals surface area contributed by atoms with Gasteiger partial charge in [0.1, 0.15) is 0 Å². The second kappa shape index (κ2) is 6.15. The van der Waals surface area contributed by atoms with E-state index in [2.05, 4.69) is 24.4 Å². The monoisotopic (exact) mass is 235 g/mol. The molecule has 2 N–H and O–H groups in total. The van der Waals surface area contributed by atoms with Gasteiger partial charge in [-0.15, -0.1) is 0 Å². The van der Waals surface area contributed by atoms with Crippen molar-refractivity contribution in [3.63, 3.8) is 0 Å². The Balaban J connectivity index is 1.88. The van der Waals surface area contributed by atoms with E-state index in [-0.39, 0.29) is 18.8 Å². The minimum Gasteiger partial charge on any atom is -0.395 e. The van der Waals surface area contributed by atoms with Crippen LogP contribution in [0.2, 0.25) is 0 Å². The minimum atomic E-state index is 0.117. The molecule has 17 heavy (non-hydrogen) atoms. The molecule has 1 aliphatic rings. The average molecular weight is 235 g/mol. The molecule has 2 unspecified atom stereocenters. The van der Waals surface area contributed by atoms with Crippen LogP contribution in [0.3, 0.4) is 0 Å². The second-order valence-electron chi connectivity index (χ2n) is 4.71. The molecule has 3 heteroatoms. The zero-order valence-electron chi connectivity index (χ0n) is 10.3. The van der Waals surface area contributed by atoms with Crippen LogP contribution in [0.5, 0.6) is 0 Å².